The number of anilines is 1. The van der Waals surface area contributed by atoms with Crippen molar-refractivity contribution in [2.24, 2.45) is 5.16 Å². The number of thioether (sulfide) groups is 1. The Bertz CT molecular complexity index is 1170. The van der Waals surface area contributed by atoms with E-state index in [2.05, 4.69) is 20.4 Å². The zero-order chi connectivity index (χ0) is 24.2. The first kappa shape index (κ1) is 23.5. The van der Waals surface area contributed by atoms with Crippen molar-refractivity contribution in [3.05, 3.63) is 52.6 Å². The number of rotatable bonds is 9. The van der Waals surface area contributed by atoms with E-state index in [-0.39, 0.29) is 47.0 Å². The molecule has 4 heterocycles. The van der Waals surface area contributed by atoms with Gasteiger partial charge in [-0.3, -0.25) is 19.5 Å². The largest absolute Gasteiger partial charge is 0.490 e. The molecule has 0 saturated carbocycles. The topological polar surface area (TPSA) is 169 Å². The monoisotopic (exact) mass is 504 g/mol. The van der Waals surface area contributed by atoms with Gasteiger partial charge in [0.1, 0.15) is 36.1 Å². The number of aromatic nitrogens is 2. The fourth-order valence-corrected chi connectivity index (χ4v) is 5.12. The van der Waals surface area contributed by atoms with Gasteiger partial charge in [0.25, 0.3) is 11.8 Å². The van der Waals surface area contributed by atoms with Crippen LogP contribution < -0.4 is 11.1 Å². The summed E-state index contributed by atoms with van der Waals surface area (Å²) in [6.07, 6.45) is 3.21. The Kier molecular flexibility index (Phi) is 6.98. The van der Waals surface area contributed by atoms with Gasteiger partial charge in [0.2, 0.25) is 0 Å². The standard InChI is InChI=1S/C20H20N6O6S2/c1-2-32-25-13(11-8-34-20(21)23-11)16(27)24-14-17(28)26-15(19(29)30)12(9-33-18(14)26)31-7-10-3-5-22-6-4-10/h3-6,8,14,18H,2,7,9H2,1H3,(H2,21,23)(H,24,27)(H,29,30)/b25-13-/t14-,18+/m1/s1. The molecular formula is C20H20N6O6S2. The number of carboxylic acids is 1. The Morgan fingerprint density at radius 3 is 2.79 bits per heavy atom. The SMILES string of the molecule is CCO/N=C(\C(=O)N[C@@H]1C(=O)N2C(C(=O)O)=C(OCc3ccncc3)CS[C@@H]12)c1csc(N)n1. The first-order valence-electron chi connectivity index (χ1n) is 10.1. The number of hydrogen-bond acceptors (Lipinski definition) is 11. The average molecular weight is 505 g/mol. The molecule has 0 aromatic carbocycles. The Morgan fingerprint density at radius 2 is 2.15 bits per heavy atom. The second-order valence-corrected chi connectivity index (χ2v) is 9.01. The minimum absolute atomic E-state index is 0.128. The van der Waals surface area contributed by atoms with Crippen LogP contribution in [0.4, 0.5) is 5.13 Å². The van der Waals surface area contributed by atoms with Crippen molar-refractivity contribution in [2.75, 3.05) is 18.1 Å². The molecule has 2 aromatic heterocycles. The van der Waals surface area contributed by atoms with Crippen LogP contribution >= 0.6 is 23.1 Å². The Morgan fingerprint density at radius 1 is 1.38 bits per heavy atom. The van der Waals surface area contributed by atoms with Gasteiger partial charge in [0, 0.05) is 17.8 Å². The molecule has 4 rings (SSSR count). The number of fused-ring (bicyclic) bond motifs is 1. The molecule has 0 radical (unpaired) electrons. The second-order valence-electron chi connectivity index (χ2n) is 7.01. The number of hydrogen-bond donors (Lipinski definition) is 3. The van der Waals surface area contributed by atoms with Crippen molar-refractivity contribution in [2.45, 2.75) is 24.9 Å². The molecule has 14 heteroatoms. The van der Waals surface area contributed by atoms with Crippen molar-refractivity contribution >= 4 is 51.7 Å². The van der Waals surface area contributed by atoms with Gasteiger partial charge in [-0.25, -0.2) is 9.78 Å². The predicted molar refractivity (Wildman–Crippen MR) is 123 cm³/mol. The van der Waals surface area contributed by atoms with Crippen LogP contribution in [0.25, 0.3) is 0 Å². The van der Waals surface area contributed by atoms with Gasteiger partial charge >= 0.3 is 5.97 Å². The van der Waals surface area contributed by atoms with Gasteiger partial charge in [0.15, 0.2) is 16.5 Å². The number of pyridine rings is 1. The van der Waals surface area contributed by atoms with E-state index in [9.17, 15) is 19.5 Å². The highest BCUT2D eigenvalue weighted by Gasteiger charge is 2.55. The number of nitrogen functional groups attached to an aromatic ring is 1. The van der Waals surface area contributed by atoms with Crippen LogP contribution in [0.2, 0.25) is 0 Å². The molecule has 34 heavy (non-hydrogen) atoms. The van der Waals surface area contributed by atoms with E-state index < -0.39 is 29.2 Å². The van der Waals surface area contributed by atoms with Crippen LogP contribution in [-0.4, -0.2) is 67.2 Å². The number of thiazole rings is 1. The summed E-state index contributed by atoms with van der Waals surface area (Å²) in [4.78, 5) is 51.8. The minimum Gasteiger partial charge on any atom is -0.490 e. The lowest BCUT2D eigenvalue weighted by molar-refractivity contribution is -0.150. The Balaban J connectivity index is 1.49. The van der Waals surface area contributed by atoms with Gasteiger partial charge in [0.05, 0.1) is 5.75 Å². The smallest absolute Gasteiger partial charge is 0.356 e. The van der Waals surface area contributed by atoms with Crippen molar-refractivity contribution in [1.29, 1.82) is 0 Å². The van der Waals surface area contributed by atoms with E-state index in [1.165, 1.54) is 11.8 Å². The van der Waals surface area contributed by atoms with Crippen LogP contribution in [0.5, 0.6) is 0 Å². The molecule has 12 nitrogen and oxygen atoms in total. The first-order chi connectivity index (χ1) is 16.4. The maximum Gasteiger partial charge on any atom is 0.356 e. The molecule has 2 aliphatic heterocycles. The van der Waals surface area contributed by atoms with Crippen LogP contribution in [0.15, 0.2) is 46.5 Å². The molecule has 0 bridgehead atoms. The van der Waals surface area contributed by atoms with Gasteiger partial charge < -0.3 is 25.7 Å². The number of amides is 2. The first-order valence-corrected chi connectivity index (χ1v) is 12.0. The number of ether oxygens (including phenoxy) is 1. The Hall–Kier alpha value is -3.65. The summed E-state index contributed by atoms with van der Waals surface area (Å²) in [7, 11) is 0. The normalized spacial score (nSPS) is 19.9. The van der Waals surface area contributed by atoms with E-state index in [1.807, 2.05) is 0 Å². The molecule has 2 aromatic rings. The van der Waals surface area contributed by atoms with Crippen LogP contribution in [0.1, 0.15) is 18.2 Å². The number of oxime groups is 1. The van der Waals surface area contributed by atoms with Crippen LogP contribution in [0, 0.1) is 0 Å². The number of carboxylic acid groups (broad SMARTS) is 1. The molecule has 0 spiro atoms. The van der Waals surface area contributed by atoms with Gasteiger partial charge in [-0.05, 0) is 24.6 Å². The summed E-state index contributed by atoms with van der Waals surface area (Å²) >= 11 is 2.42. The lowest BCUT2D eigenvalue weighted by atomic mass is 10.0. The van der Waals surface area contributed by atoms with E-state index in [4.69, 9.17) is 15.3 Å². The molecular weight excluding hydrogens is 484 g/mol. The molecule has 178 valence electrons. The third kappa shape index (κ3) is 4.68. The van der Waals surface area contributed by atoms with Crippen molar-refractivity contribution in [1.82, 2.24) is 20.2 Å². The molecule has 2 amide bonds. The number of carbonyl (C=O) groups excluding carboxylic acids is 2. The quantitative estimate of drug-likeness (QED) is 0.252. The van der Waals surface area contributed by atoms with Crippen LogP contribution in [-0.2, 0) is 30.6 Å². The van der Waals surface area contributed by atoms with Gasteiger partial charge in [-0.2, -0.15) is 0 Å². The number of nitrogens with two attached hydrogens (primary N) is 1. The van der Waals surface area contributed by atoms with Gasteiger partial charge in [-0.1, -0.05) is 5.16 Å². The lowest BCUT2D eigenvalue weighted by Crippen LogP contribution is -2.71. The highest BCUT2D eigenvalue weighted by atomic mass is 32.2. The summed E-state index contributed by atoms with van der Waals surface area (Å²) < 4.78 is 5.72. The number of β-lactam (4-membered cyclic amide) rings is 1. The number of nitrogens with zero attached hydrogens (tertiary/aromatic N) is 4. The number of aliphatic carboxylic acids is 1. The van der Waals surface area contributed by atoms with E-state index in [1.54, 1.807) is 36.8 Å². The third-order valence-corrected chi connectivity index (χ3v) is 6.78. The predicted octanol–water partition coefficient (Wildman–Crippen LogP) is 0.774. The fraction of sp³-hybridized carbons (Fsp3) is 0.300. The summed E-state index contributed by atoms with van der Waals surface area (Å²) in [6, 6.07) is 2.55. The average Bonchev–Trinajstić information content (AvgIpc) is 3.27. The summed E-state index contributed by atoms with van der Waals surface area (Å²) in [5, 5.41) is 17.4. The maximum atomic E-state index is 12.9. The number of carbonyl (C=O) groups is 3. The van der Waals surface area contributed by atoms with Gasteiger partial charge in [-0.15, -0.1) is 23.1 Å². The second kappa shape index (κ2) is 10.1. The highest BCUT2D eigenvalue weighted by molar-refractivity contribution is 8.00. The fourth-order valence-electron chi connectivity index (χ4n) is 3.29. The molecule has 2 aliphatic rings. The molecule has 4 N–H and O–H groups in total. The molecule has 1 saturated heterocycles. The van der Waals surface area contributed by atoms with Crippen molar-refractivity contribution in [3.63, 3.8) is 0 Å². The lowest BCUT2D eigenvalue weighted by Gasteiger charge is -2.48. The Labute approximate surface area is 201 Å². The third-order valence-electron chi connectivity index (χ3n) is 4.85. The summed E-state index contributed by atoms with van der Waals surface area (Å²) in [5.41, 5.74) is 6.31. The minimum atomic E-state index is -1.29. The summed E-state index contributed by atoms with van der Waals surface area (Å²) in [6.45, 7) is 2.06. The van der Waals surface area contributed by atoms with E-state index in [0.717, 1.165) is 21.8 Å². The van der Waals surface area contributed by atoms with Crippen molar-refractivity contribution in [3.8, 4) is 0 Å². The van der Waals surface area contributed by atoms with E-state index in [0.29, 0.717) is 0 Å². The van der Waals surface area contributed by atoms with E-state index >= 15 is 0 Å². The molecule has 1 fully saturated rings. The number of nitrogens with one attached hydrogen (secondary N) is 1. The highest BCUT2D eigenvalue weighted by Crippen LogP contribution is 2.40. The zero-order valence-electron chi connectivity index (χ0n) is 17.8. The van der Waals surface area contributed by atoms with Crippen LogP contribution in [0.3, 0.4) is 0 Å². The molecule has 2 atom stereocenters. The maximum absolute atomic E-state index is 12.9. The zero-order valence-corrected chi connectivity index (χ0v) is 19.5. The van der Waals surface area contributed by atoms with Crippen molar-refractivity contribution < 1.29 is 29.1 Å². The molecule has 0 unspecified atom stereocenters. The summed E-state index contributed by atoms with van der Waals surface area (Å²) in [5.74, 6) is -2.14. The molecule has 0 aliphatic carbocycles.